The second kappa shape index (κ2) is 9.32. The maximum Gasteiger partial charge on any atom is 0.450 e. The van der Waals surface area contributed by atoms with Crippen LogP contribution in [0.15, 0.2) is 45.6 Å². The molecule has 0 bridgehead atoms. The molecule has 166 valence electrons. The van der Waals surface area contributed by atoms with E-state index in [1.54, 1.807) is 6.07 Å². The molecular weight excluding hydrogens is 431 g/mol. The summed E-state index contributed by atoms with van der Waals surface area (Å²) in [4.78, 5) is 14.3. The Balaban J connectivity index is 2.33. The van der Waals surface area contributed by atoms with Gasteiger partial charge in [0.25, 0.3) is 0 Å². The molecule has 8 heteroatoms. The fourth-order valence-corrected chi connectivity index (χ4v) is 4.07. The molecule has 3 rings (SSSR count). The van der Waals surface area contributed by atoms with Crippen molar-refractivity contribution in [1.82, 2.24) is 0 Å². The van der Waals surface area contributed by atoms with Crippen LogP contribution in [0.4, 0.5) is 13.2 Å². The molecule has 0 fully saturated rings. The minimum Gasteiger partial charge on any atom is -0.507 e. The second-order valence-corrected chi connectivity index (χ2v) is 7.89. The number of aromatic hydroxyl groups is 1. The molecule has 0 atom stereocenters. The molecule has 0 saturated carbocycles. The van der Waals surface area contributed by atoms with Gasteiger partial charge in [0.15, 0.2) is 5.58 Å². The summed E-state index contributed by atoms with van der Waals surface area (Å²) in [5, 5.41) is 10.4. The van der Waals surface area contributed by atoms with Crippen molar-refractivity contribution in [2.75, 3.05) is 13.1 Å². The number of rotatable bonds is 7. The lowest BCUT2D eigenvalue weighted by Crippen LogP contribution is -3.10. The summed E-state index contributed by atoms with van der Waals surface area (Å²) in [6, 6.07) is 8.46. The van der Waals surface area contributed by atoms with Crippen LogP contribution < -0.4 is 10.3 Å². The lowest BCUT2D eigenvalue weighted by molar-refractivity contribution is -0.913. The van der Waals surface area contributed by atoms with Gasteiger partial charge in [0.1, 0.15) is 12.3 Å². The number of benzene rings is 2. The molecule has 2 aromatic carbocycles. The Morgan fingerprint density at radius 1 is 1.06 bits per heavy atom. The van der Waals surface area contributed by atoms with Crippen LogP contribution in [-0.4, -0.2) is 18.2 Å². The molecule has 1 aromatic heterocycles. The minimum absolute atomic E-state index is 0.0140. The van der Waals surface area contributed by atoms with E-state index in [0.717, 1.165) is 30.8 Å². The molecule has 0 spiro atoms. The lowest BCUT2D eigenvalue weighted by atomic mass is 10.00. The van der Waals surface area contributed by atoms with Crippen molar-refractivity contribution in [1.29, 1.82) is 0 Å². The SMILES string of the molecule is CCC[NH+](CCC)Cc1c(O)ccc2c(=O)c(-c3ccccc3Cl)c(C(F)(F)F)oc12. The average molecular weight is 455 g/mol. The fraction of sp³-hybridized carbons (Fsp3) is 0.348. The monoisotopic (exact) mass is 454 g/mol. The van der Waals surface area contributed by atoms with Crippen LogP contribution in [0.3, 0.4) is 0 Å². The summed E-state index contributed by atoms with van der Waals surface area (Å²) in [5.41, 5.74) is -1.56. The fourth-order valence-electron chi connectivity index (χ4n) is 3.84. The Hall–Kier alpha value is -2.51. The van der Waals surface area contributed by atoms with Crippen LogP contribution in [0.25, 0.3) is 22.1 Å². The van der Waals surface area contributed by atoms with Crippen LogP contribution in [0.2, 0.25) is 5.02 Å². The first-order chi connectivity index (χ1) is 14.7. The van der Waals surface area contributed by atoms with Crippen molar-refractivity contribution < 1.29 is 27.6 Å². The summed E-state index contributed by atoms with van der Waals surface area (Å²) >= 11 is 6.11. The van der Waals surface area contributed by atoms with Crippen molar-refractivity contribution in [3.05, 3.63) is 63.0 Å². The number of halogens is 4. The molecule has 0 amide bonds. The first-order valence-corrected chi connectivity index (χ1v) is 10.5. The standard InChI is InChI=1S/C23H23ClF3NO3/c1-3-11-28(12-4-2)13-16-18(29)10-9-15-20(30)19(14-7-5-6-8-17(14)24)22(23(25,26)27)31-21(15)16/h5-10,29H,3-4,11-13H2,1-2H3/p+1. The van der Waals surface area contributed by atoms with E-state index in [1.165, 1.54) is 30.3 Å². The smallest absolute Gasteiger partial charge is 0.450 e. The number of hydrogen-bond acceptors (Lipinski definition) is 3. The Labute approximate surface area is 182 Å². The molecule has 1 heterocycles. The molecule has 3 aromatic rings. The Morgan fingerprint density at radius 3 is 2.29 bits per heavy atom. The highest BCUT2D eigenvalue weighted by Gasteiger charge is 2.40. The summed E-state index contributed by atoms with van der Waals surface area (Å²) in [7, 11) is 0. The van der Waals surface area contributed by atoms with Crippen LogP contribution in [0.5, 0.6) is 5.75 Å². The number of quaternary nitrogens is 1. The van der Waals surface area contributed by atoms with Gasteiger partial charge in [-0.2, -0.15) is 13.2 Å². The molecule has 31 heavy (non-hydrogen) atoms. The Kier molecular flexibility index (Phi) is 6.96. The van der Waals surface area contributed by atoms with Crippen LogP contribution >= 0.6 is 11.6 Å². The van der Waals surface area contributed by atoms with Crippen LogP contribution in [0, 0.1) is 0 Å². The molecule has 0 unspecified atom stereocenters. The van der Waals surface area contributed by atoms with Crippen molar-refractivity contribution in [2.45, 2.75) is 39.4 Å². The number of hydrogen-bond donors (Lipinski definition) is 2. The first kappa shape index (κ1) is 23.2. The van der Waals surface area contributed by atoms with Gasteiger partial charge in [0, 0.05) is 10.6 Å². The zero-order valence-electron chi connectivity index (χ0n) is 17.3. The van der Waals surface area contributed by atoms with E-state index in [0.29, 0.717) is 0 Å². The van der Waals surface area contributed by atoms with Gasteiger partial charge in [-0.1, -0.05) is 43.6 Å². The van der Waals surface area contributed by atoms with Gasteiger partial charge >= 0.3 is 6.18 Å². The van der Waals surface area contributed by atoms with E-state index in [2.05, 4.69) is 0 Å². The van der Waals surface area contributed by atoms with Gasteiger partial charge < -0.3 is 14.4 Å². The average Bonchev–Trinajstić information content (AvgIpc) is 2.70. The van der Waals surface area contributed by atoms with E-state index in [-0.39, 0.29) is 39.4 Å². The molecule has 2 N–H and O–H groups in total. The zero-order valence-corrected chi connectivity index (χ0v) is 18.0. The van der Waals surface area contributed by atoms with E-state index in [4.69, 9.17) is 16.0 Å². The molecule has 0 aliphatic carbocycles. The summed E-state index contributed by atoms with van der Waals surface area (Å²) in [6.07, 6.45) is -3.19. The van der Waals surface area contributed by atoms with Crippen LogP contribution in [-0.2, 0) is 12.7 Å². The maximum atomic E-state index is 14.0. The third kappa shape index (κ3) is 4.72. The van der Waals surface area contributed by atoms with Gasteiger partial charge in [-0.15, -0.1) is 0 Å². The van der Waals surface area contributed by atoms with Crippen molar-refractivity contribution in [3.63, 3.8) is 0 Å². The Morgan fingerprint density at radius 2 is 1.71 bits per heavy atom. The zero-order chi connectivity index (χ0) is 22.8. The topological polar surface area (TPSA) is 54.9 Å². The normalized spacial score (nSPS) is 12.1. The minimum atomic E-state index is -4.93. The number of alkyl halides is 3. The third-order valence-electron chi connectivity index (χ3n) is 5.17. The number of nitrogens with one attached hydrogen (secondary N) is 1. The van der Waals surface area contributed by atoms with E-state index in [9.17, 15) is 23.1 Å². The summed E-state index contributed by atoms with van der Waals surface area (Å²) in [5.74, 6) is -1.61. The molecule has 4 nitrogen and oxygen atoms in total. The highest BCUT2D eigenvalue weighted by Crippen LogP contribution is 2.40. The third-order valence-corrected chi connectivity index (χ3v) is 5.50. The highest BCUT2D eigenvalue weighted by molar-refractivity contribution is 6.33. The quantitative estimate of drug-likeness (QED) is 0.525. The van der Waals surface area contributed by atoms with Crippen molar-refractivity contribution in [3.8, 4) is 16.9 Å². The van der Waals surface area contributed by atoms with Gasteiger partial charge in [-0.25, -0.2) is 0 Å². The number of phenolic OH excluding ortho intramolecular Hbond substituents is 1. The summed E-state index contributed by atoms with van der Waals surface area (Å²) < 4.78 is 47.3. The van der Waals surface area contributed by atoms with E-state index in [1.807, 2.05) is 13.8 Å². The van der Waals surface area contributed by atoms with Crippen molar-refractivity contribution >= 4 is 22.6 Å². The first-order valence-electron chi connectivity index (χ1n) is 10.2. The molecule has 0 radical (unpaired) electrons. The summed E-state index contributed by atoms with van der Waals surface area (Å²) in [6.45, 7) is 5.82. The van der Waals surface area contributed by atoms with Crippen molar-refractivity contribution in [2.24, 2.45) is 0 Å². The van der Waals surface area contributed by atoms with E-state index >= 15 is 0 Å². The second-order valence-electron chi connectivity index (χ2n) is 7.48. The van der Waals surface area contributed by atoms with E-state index < -0.39 is 22.9 Å². The van der Waals surface area contributed by atoms with Gasteiger partial charge in [0.05, 0.1) is 29.6 Å². The lowest BCUT2D eigenvalue weighted by Gasteiger charge is -2.20. The molecule has 0 aliphatic rings. The maximum absolute atomic E-state index is 14.0. The largest absolute Gasteiger partial charge is 0.507 e. The van der Waals surface area contributed by atoms with Gasteiger partial charge in [-0.3, -0.25) is 4.79 Å². The predicted molar refractivity (Wildman–Crippen MR) is 115 cm³/mol. The number of fused-ring (bicyclic) bond motifs is 1. The van der Waals surface area contributed by atoms with Gasteiger partial charge in [-0.05, 0) is 31.0 Å². The Bertz CT molecular complexity index is 1140. The molecule has 0 saturated heterocycles. The van der Waals surface area contributed by atoms with Crippen LogP contribution in [0.1, 0.15) is 38.0 Å². The number of phenols is 1. The predicted octanol–water partition coefficient (Wildman–Crippen LogP) is 5.04. The van der Waals surface area contributed by atoms with Gasteiger partial charge in [0.2, 0.25) is 11.2 Å². The molecular formula is C23H24ClF3NO3+. The molecule has 0 aliphatic heterocycles. The highest BCUT2D eigenvalue weighted by atomic mass is 35.5.